The third kappa shape index (κ3) is 4.63. The molecule has 0 radical (unpaired) electrons. The smallest absolute Gasteiger partial charge is 0.248 e. The van der Waals surface area contributed by atoms with Crippen molar-refractivity contribution < 1.29 is 14.3 Å². The monoisotopic (exact) mass is 332 g/mol. The Morgan fingerprint density at radius 3 is 2.70 bits per heavy atom. The number of allylic oxidation sites excluding steroid dienone is 3. The van der Waals surface area contributed by atoms with E-state index in [0.717, 1.165) is 5.75 Å². The molecule has 1 aliphatic heterocycles. The molecule has 1 N–H and O–H groups in total. The van der Waals surface area contributed by atoms with Crippen LogP contribution < -0.4 is 10.1 Å². The van der Waals surface area contributed by atoms with Crippen LogP contribution in [0.1, 0.15) is 6.92 Å². The molecule has 2 rings (SSSR count). The van der Waals surface area contributed by atoms with Crippen molar-refractivity contribution in [2.24, 2.45) is 0 Å². The van der Waals surface area contributed by atoms with Gasteiger partial charge in [-0.3, -0.25) is 9.59 Å². The van der Waals surface area contributed by atoms with Gasteiger partial charge in [0.1, 0.15) is 11.8 Å². The molecule has 1 atom stereocenters. The number of amides is 2. The summed E-state index contributed by atoms with van der Waals surface area (Å²) in [6.07, 6.45) is 6.80. The number of hydrogen-bond acceptors (Lipinski definition) is 4. The van der Waals surface area contributed by atoms with Gasteiger partial charge in [0.25, 0.3) is 0 Å². The zero-order chi connectivity index (χ0) is 16.7. The fourth-order valence-electron chi connectivity index (χ4n) is 2.12. The molecule has 23 heavy (non-hydrogen) atoms. The summed E-state index contributed by atoms with van der Waals surface area (Å²) in [4.78, 5) is 26.2. The predicted octanol–water partition coefficient (Wildman–Crippen LogP) is 2.67. The van der Waals surface area contributed by atoms with Crippen molar-refractivity contribution in [3.05, 3.63) is 48.6 Å². The zero-order valence-electron chi connectivity index (χ0n) is 13.2. The standard InChI is InChI=1S/C17H20N2O3S/c1-3-4-5-6-16(20)19-12-23-11-15(19)17(21)18-13-7-9-14(22-2)10-8-13/h3-10,15H,11-12H2,1-2H3,(H,18,21). The fourth-order valence-corrected chi connectivity index (χ4v) is 3.29. The van der Waals surface area contributed by atoms with Crippen molar-refractivity contribution in [1.29, 1.82) is 0 Å². The normalized spacial score (nSPS) is 17.8. The van der Waals surface area contributed by atoms with Crippen LogP contribution in [0.2, 0.25) is 0 Å². The van der Waals surface area contributed by atoms with Gasteiger partial charge in [-0.15, -0.1) is 11.8 Å². The molecule has 0 saturated carbocycles. The van der Waals surface area contributed by atoms with Gasteiger partial charge in [-0.05, 0) is 31.2 Å². The molecular formula is C17H20N2O3S. The lowest BCUT2D eigenvalue weighted by Gasteiger charge is -2.21. The van der Waals surface area contributed by atoms with E-state index in [0.29, 0.717) is 17.3 Å². The average Bonchev–Trinajstić information content (AvgIpc) is 3.05. The fraction of sp³-hybridized carbons (Fsp3) is 0.294. The second kappa shape index (κ2) is 8.43. The van der Waals surface area contributed by atoms with E-state index in [1.807, 2.05) is 13.0 Å². The Kier molecular flexibility index (Phi) is 6.29. The van der Waals surface area contributed by atoms with Crippen molar-refractivity contribution in [2.75, 3.05) is 24.1 Å². The summed E-state index contributed by atoms with van der Waals surface area (Å²) in [6, 6.07) is 6.65. The van der Waals surface area contributed by atoms with E-state index in [1.54, 1.807) is 60.2 Å². The number of nitrogens with zero attached hydrogens (tertiary/aromatic N) is 1. The highest BCUT2D eigenvalue weighted by atomic mass is 32.2. The summed E-state index contributed by atoms with van der Waals surface area (Å²) in [6.45, 7) is 1.88. The Labute approximate surface area is 140 Å². The molecule has 1 saturated heterocycles. The molecule has 122 valence electrons. The minimum Gasteiger partial charge on any atom is -0.497 e. The van der Waals surface area contributed by atoms with Gasteiger partial charge in [-0.25, -0.2) is 0 Å². The summed E-state index contributed by atoms with van der Waals surface area (Å²) in [5.74, 6) is 1.53. The van der Waals surface area contributed by atoms with Gasteiger partial charge < -0.3 is 15.0 Å². The predicted molar refractivity (Wildman–Crippen MR) is 93.5 cm³/mol. The number of methoxy groups -OCH3 is 1. The van der Waals surface area contributed by atoms with Crippen LogP contribution in [0, 0.1) is 0 Å². The molecule has 0 bridgehead atoms. The second-order valence-corrected chi connectivity index (χ2v) is 5.93. The van der Waals surface area contributed by atoms with E-state index in [2.05, 4.69) is 5.32 Å². The summed E-state index contributed by atoms with van der Waals surface area (Å²) < 4.78 is 5.09. The maximum atomic E-state index is 12.4. The number of thioether (sulfide) groups is 1. The Bertz CT molecular complexity index is 611. The highest BCUT2D eigenvalue weighted by Gasteiger charge is 2.33. The first-order valence-corrected chi connectivity index (χ1v) is 8.44. The highest BCUT2D eigenvalue weighted by molar-refractivity contribution is 7.99. The Balaban J connectivity index is 2.00. The van der Waals surface area contributed by atoms with Crippen LogP contribution in [-0.2, 0) is 9.59 Å². The molecule has 6 heteroatoms. The van der Waals surface area contributed by atoms with E-state index in [-0.39, 0.29) is 11.8 Å². The largest absolute Gasteiger partial charge is 0.497 e. The van der Waals surface area contributed by atoms with Crippen molar-refractivity contribution in [2.45, 2.75) is 13.0 Å². The summed E-state index contributed by atoms with van der Waals surface area (Å²) in [5, 5.41) is 2.85. The lowest BCUT2D eigenvalue weighted by molar-refractivity contribution is -0.132. The van der Waals surface area contributed by atoms with Gasteiger partial charge in [0.15, 0.2) is 0 Å². The zero-order valence-corrected chi connectivity index (χ0v) is 14.0. The summed E-state index contributed by atoms with van der Waals surface area (Å²) in [7, 11) is 1.59. The molecule has 0 aromatic heterocycles. The maximum absolute atomic E-state index is 12.4. The quantitative estimate of drug-likeness (QED) is 0.665. The Morgan fingerprint density at radius 2 is 2.04 bits per heavy atom. The number of benzene rings is 1. The first-order chi connectivity index (χ1) is 11.2. The van der Waals surface area contributed by atoms with E-state index < -0.39 is 6.04 Å². The SMILES string of the molecule is CC=CC=CC(=O)N1CSCC1C(=O)Nc1ccc(OC)cc1. The van der Waals surface area contributed by atoms with Crippen LogP contribution in [0.4, 0.5) is 5.69 Å². The van der Waals surface area contributed by atoms with Crippen LogP contribution in [0.3, 0.4) is 0 Å². The molecule has 0 aliphatic carbocycles. The third-order valence-electron chi connectivity index (χ3n) is 3.37. The molecule has 1 unspecified atom stereocenters. The molecule has 0 spiro atoms. The van der Waals surface area contributed by atoms with Crippen LogP contribution >= 0.6 is 11.8 Å². The number of rotatable bonds is 5. The van der Waals surface area contributed by atoms with Crippen molar-refractivity contribution >= 4 is 29.3 Å². The average molecular weight is 332 g/mol. The number of hydrogen-bond donors (Lipinski definition) is 1. The van der Waals surface area contributed by atoms with Gasteiger partial charge >= 0.3 is 0 Å². The Hall–Kier alpha value is -2.21. The van der Waals surface area contributed by atoms with Gasteiger partial charge in [0, 0.05) is 17.5 Å². The number of carbonyl (C=O) groups is 2. The van der Waals surface area contributed by atoms with Gasteiger partial charge in [-0.1, -0.05) is 18.2 Å². The molecule has 2 amide bonds. The van der Waals surface area contributed by atoms with E-state index >= 15 is 0 Å². The van der Waals surface area contributed by atoms with E-state index in [1.165, 1.54) is 6.08 Å². The highest BCUT2D eigenvalue weighted by Crippen LogP contribution is 2.23. The van der Waals surface area contributed by atoms with Crippen LogP contribution in [-0.4, -0.2) is 41.5 Å². The molecule has 1 fully saturated rings. The van der Waals surface area contributed by atoms with Crippen LogP contribution in [0.5, 0.6) is 5.75 Å². The third-order valence-corrected chi connectivity index (χ3v) is 4.38. The van der Waals surface area contributed by atoms with Gasteiger partial charge in [0.05, 0.1) is 13.0 Å². The van der Waals surface area contributed by atoms with Crippen molar-refractivity contribution in [3.8, 4) is 5.75 Å². The van der Waals surface area contributed by atoms with Crippen molar-refractivity contribution in [3.63, 3.8) is 0 Å². The number of ether oxygens (including phenoxy) is 1. The Morgan fingerprint density at radius 1 is 1.30 bits per heavy atom. The molecule has 1 aliphatic rings. The second-order valence-electron chi connectivity index (χ2n) is 4.93. The van der Waals surface area contributed by atoms with Crippen LogP contribution in [0.25, 0.3) is 0 Å². The van der Waals surface area contributed by atoms with E-state index in [4.69, 9.17) is 4.74 Å². The molecule has 1 aromatic carbocycles. The number of nitrogens with one attached hydrogen (secondary N) is 1. The molecule has 5 nitrogen and oxygen atoms in total. The molecular weight excluding hydrogens is 312 g/mol. The minimum absolute atomic E-state index is 0.150. The van der Waals surface area contributed by atoms with E-state index in [9.17, 15) is 9.59 Å². The lowest BCUT2D eigenvalue weighted by atomic mass is 10.2. The first-order valence-electron chi connectivity index (χ1n) is 7.28. The summed E-state index contributed by atoms with van der Waals surface area (Å²) >= 11 is 1.58. The minimum atomic E-state index is -0.454. The number of anilines is 1. The topological polar surface area (TPSA) is 58.6 Å². The number of carbonyl (C=O) groups excluding carboxylic acids is 2. The van der Waals surface area contributed by atoms with Gasteiger partial charge in [0.2, 0.25) is 11.8 Å². The first kappa shape index (κ1) is 17.1. The summed E-state index contributed by atoms with van der Waals surface area (Å²) in [5.41, 5.74) is 0.685. The molecule has 1 aromatic rings. The van der Waals surface area contributed by atoms with Crippen LogP contribution in [0.15, 0.2) is 48.6 Å². The maximum Gasteiger partial charge on any atom is 0.248 e. The van der Waals surface area contributed by atoms with Crippen molar-refractivity contribution in [1.82, 2.24) is 4.90 Å². The lowest BCUT2D eigenvalue weighted by Crippen LogP contribution is -2.43. The van der Waals surface area contributed by atoms with Gasteiger partial charge in [-0.2, -0.15) is 0 Å². The molecule has 1 heterocycles.